The van der Waals surface area contributed by atoms with Crippen LogP contribution in [0.5, 0.6) is 0 Å². The van der Waals surface area contributed by atoms with E-state index in [0.29, 0.717) is 5.75 Å². The molecule has 86 valence electrons. The summed E-state index contributed by atoms with van der Waals surface area (Å²) in [6.07, 6.45) is -1.03. The molecule has 5 heteroatoms. The van der Waals surface area contributed by atoms with E-state index in [4.69, 9.17) is 15.9 Å². The lowest BCUT2D eigenvalue weighted by Gasteiger charge is -2.19. The number of hydrogen-bond donors (Lipinski definition) is 4. The van der Waals surface area contributed by atoms with Gasteiger partial charge in [0.25, 0.3) is 0 Å². The molecule has 0 spiro atoms. The number of hydrogen-bond acceptors (Lipinski definition) is 5. The minimum Gasteiger partial charge on any atom is -0.394 e. The van der Waals surface area contributed by atoms with Crippen LogP contribution in [0.1, 0.15) is 20.3 Å². The van der Waals surface area contributed by atoms with Crippen molar-refractivity contribution in [3.63, 3.8) is 0 Å². The van der Waals surface area contributed by atoms with Crippen molar-refractivity contribution in [3.05, 3.63) is 0 Å². The molecule has 5 N–H and O–H groups in total. The summed E-state index contributed by atoms with van der Waals surface area (Å²) in [7, 11) is 0. The highest BCUT2D eigenvalue weighted by molar-refractivity contribution is 7.99. The number of thioether (sulfide) groups is 1. The molecule has 0 fully saturated rings. The maximum atomic E-state index is 9.29. The Hall–Kier alpha value is 0.190. The highest BCUT2D eigenvalue weighted by atomic mass is 32.2. The lowest BCUT2D eigenvalue weighted by molar-refractivity contribution is -0.00190. The zero-order valence-electron chi connectivity index (χ0n) is 8.81. The van der Waals surface area contributed by atoms with Crippen LogP contribution in [-0.4, -0.2) is 51.2 Å². The first-order valence-electron chi connectivity index (χ1n) is 4.70. The van der Waals surface area contributed by atoms with Gasteiger partial charge in [0.1, 0.15) is 6.10 Å². The fourth-order valence-electron chi connectivity index (χ4n) is 0.772. The third kappa shape index (κ3) is 7.58. The Morgan fingerprint density at radius 2 is 1.86 bits per heavy atom. The normalized spacial score (nSPS) is 16.7. The Balaban J connectivity index is 3.45. The van der Waals surface area contributed by atoms with Crippen LogP contribution in [0.3, 0.4) is 0 Å². The van der Waals surface area contributed by atoms with Crippen LogP contribution in [0.15, 0.2) is 0 Å². The quantitative estimate of drug-likeness (QED) is 0.440. The zero-order valence-corrected chi connectivity index (χ0v) is 9.63. The van der Waals surface area contributed by atoms with Gasteiger partial charge in [0.15, 0.2) is 0 Å². The van der Waals surface area contributed by atoms with Gasteiger partial charge in [-0.2, -0.15) is 11.8 Å². The van der Waals surface area contributed by atoms with Gasteiger partial charge in [0.05, 0.1) is 12.7 Å². The second-order valence-electron chi connectivity index (χ2n) is 4.13. The summed E-state index contributed by atoms with van der Waals surface area (Å²) in [6.45, 7) is 3.50. The van der Waals surface area contributed by atoms with E-state index in [-0.39, 0.29) is 5.54 Å². The molecule has 0 radical (unpaired) electrons. The number of rotatable bonds is 7. The minimum atomic E-state index is -1.03. The Morgan fingerprint density at radius 3 is 2.29 bits per heavy atom. The second kappa shape index (κ2) is 6.63. The highest BCUT2D eigenvalue weighted by Crippen LogP contribution is 2.12. The van der Waals surface area contributed by atoms with Gasteiger partial charge in [-0.25, -0.2) is 0 Å². The van der Waals surface area contributed by atoms with Crippen LogP contribution in [0.4, 0.5) is 0 Å². The van der Waals surface area contributed by atoms with Crippen LogP contribution >= 0.6 is 11.8 Å². The summed E-state index contributed by atoms with van der Waals surface area (Å²) in [5.74, 6) is 1.27. The topological polar surface area (TPSA) is 86.7 Å². The van der Waals surface area contributed by atoms with E-state index in [9.17, 15) is 5.11 Å². The molecule has 4 nitrogen and oxygen atoms in total. The van der Waals surface area contributed by atoms with Gasteiger partial charge in [0.2, 0.25) is 0 Å². The molecule has 0 aliphatic rings. The van der Waals surface area contributed by atoms with Crippen molar-refractivity contribution in [3.8, 4) is 0 Å². The summed E-state index contributed by atoms with van der Waals surface area (Å²) in [5.41, 5.74) is 5.59. The molecule has 14 heavy (non-hydrogen) atoms. The molecule has 0 aliphatic carbocycles. The van der Waals surface area contributed by atoms with Crippen LogP contribution in [-0.2, 0) is 0 Å². The maximum Gasteiger partial charge on any atom is 0.104 e. The molecule has 0 aromatic carbocycles. The van der Waals surface area contributed by atoms with E-state index in [1.54, 1.807) is 0 Å². The second-order valence-corrected chi connectivity index (χ2v) is 5.28. The van der Waals surface area contributed by atoms with Crippen molar-refractivity contribution in [1.29, 1.82) is 0 Å². The lowest BCUT2D eigenvalue weighted by Crippen LogP contribution is -2.33. The van der Waals surface area contributed by atoms with Crippen molar-refractivity contribution in [2.75, 3.05) is 18.1 Å². The highest BCUT2D eigenvalue weighted by Gasteiger charge is 2.15. The van der Waals surface area contributed by atoms with Gasteiger partial charge in [-0.15, -0.1) is 0 Å². The molecule has 0 bridgehead atoms. The van der Waals surface area contributed by atoms with Crippen molar-refractivity contribution in [2.45, 2.75) is 38.0 Å². The first kappa shape index (κ1) is 14.2. The van der Waals surface area contributed by atoms with Gasteiger partial charge < -0.3 is 21.1 Å². The van der Waals surface area contributed by atoms with E-state index in [2.05, 4.69) is 0 Å². The van der Waals surface area contributed by atoms with E-state index in [0.717, 1.165) is 12.2 Å². The molecule has 2 unspecified atom stereocenters. The van der Waals surface area contributed by atoms with E-state index in [1.165, 1.54) is 11.8 Å². The van der Waals surface area contributed by atoms with Crippen LogP contribution < -0.4 is 5.73 Å². The van der Waals surface area contributed by atoms with E-state index < -0.39 is 18.8 Å². The van der Waals surface area contributed by atoms with Crippen LogP contribution in [0.25, 0.3) is 0 Å². The monoisotopic (exact) mass is 223 g/mol. The molecule has 0 saturated heterocycles. The third-order valence-corrected chi connectivity index (χ3v) is 2.88. The SMILES string of the molecule is CC(C)(N)CCSCC(O)C(O)CO. The van der Waals surface area contributed by atoms with E-state index in [1.807, 2.05) is 13.8 Å². The first-order chi connectivity index (χ1) is 6.37. The summed E-state index contributed by atoms with van der Waals surface area (Å²) in [6, 6.07) is 0. The van der Waals surface area contributed by atoms with Gasteiger partial charge in [-0.05, 0) is 26.0 Å². The minimum absolute atomic E-state index is 0.187. The van der Waals surface area contributed by atoms with Gasteiger partial charge >= 0.3 is 0 Å². The Bertz CT molecular complexity index is 149. The summed E-state index contributed by atoms with van der Waals surface area (Å²) in [4.78, 5) is 0. The van der Waals surface area contributed by atoms with Crippen molar-refractivity contribution in [1.82, 2.24) is 0 Å². The molecular formula is C9H21NO3S. The maximum absolute atomic E-state index is 9.29. The average Bonchev–Trinajstić information content (AvgIpc) is 2.09. The van der Waals surface area contributed by atoms with Crippen molar-refractivity contribution in [2.24, 2.45) is 5.73 Å². The number of nitrogens with two attached hydrogens (primary N) is 1. The van der Waals surface area contributed by atoms with Gasteiger partial charge in [0, 0.05) is 11.3 Å². The largest absolute Gasteiger partial charge is 0.394 e. The Kier molecular flexibility index (Phi) is 6.72. The molecule has 0 heterocycles. The third-order valence-electron chi connectivity index (χ3n) is 1.81. The molecule has 2 atom stereocenters. The lowest BCUT2D eigenvalue weighted by atomic mass is 10.0. The molecule has 0 aromatic heterocycles. The van der Waals surface area contributed by atoms with Gasteiger partial charge in [-0.3, -0.25) is 0 Å². The van der Waals surface area contributed by atoms with Gasteiger partial charge in [-0.1, -0.05) is 0 Å². The summed E-state index contributed by atoms with van der Waals surface area (Å²) < 4.78 is 0. The number of aliphatic hydroxyl groups excluding tert-OH is 3. The Morgan fingerprint density at radius 1 is 1.29 bits per heavy atom. The van der Waals surface area contributed by atoms with Crippen LogP contribution in [0.2, 0.25) is 0 Å². The molecular weight excluding hydrogens is 202 g/mol. The summed E-state index contributed by atoms with van der Waals surface area (Å²) in [5, 5.41) is 26.9. The molecule has 0 saturated carbocycles. The van der Waals surface area contributed by atoms with Crippen molar-refractivity contribution < 1.29 is 15.3 Å². The molecule has 0 aliphatic heterocycles. The summed E-state index contributed by atoms with van der Waals surface area (Å²) >= 11 is 1.53. The fraction of sp³-hybridized carbons (Fsp3) is 1.00. The predicted molar refractivity (Wildman–Crippen MR) is 59.3 cm³/mol. The standard InChI is InChI=1S/C9H21NO3S/c1-9(2,10)3-4-14-6-8(13)7(12)5-11/h7-8,11-13H,3-6,10H2,1-2H3. The Labute approximate surface area is 89.5 Å². The fourth-order valence-corrected chi connectivity index (χ4v) is 2.07. The zero-order chi connectivity index (χ0) is 11.2. The van der Waals surface area contributed by atoms with Crippen LogP contribution in [0, 0.1) is 0 Å². The smallest absolute Gasteiger partial charge is 0.104 e. The molecule has 0 rings (SSSR count). The molecule has 0 aromatic rings. The molecule has 0 amide bonds. The number of aliphatic hydroxyl groups is 3. The average molecular weight is 223 g/mol. The predicted octanol–water partition coefficient (Wildman–Crippen LogP) is -0.439. The first-order valence-corrected chi connectivity index (χ1v) is 5.86. The van der Waals surface area contributed by atoms with E-state index >= 15 is 0 Å². The van der Waals surface area contributed by atoms with Crippen molar-refractivity contribution >= 4 is 11.8 Å².